The number of benzene rings is 1. The zero-order chi connectivity index (χ0) is 15.9. The highest BCUT2D eigenvalue weighted by molar-refractivity contribution is 5.96. The van der Waals surface area contributed by atoms with Crippen LogP contribution in [0, 0.1) is 6.92 Å². The number of hydrogen-bond donors (Lipinski definition) is 2. The molecule has 1 aromatic carbocycles. The second kappa shape index (κ2) is 7.82. The van der Waals surface area contributed by atoms with Crippen LogP contribution in [0.15, 0.2) is 18.2 Å². The molecule has 1 aromatic rings. The lowest BCUT2D eigenvalue weighted by molar-refractivity contribution is -0.130. The van der Waals surface area contributed by atoms with E-state index in [0.29, 0.717) is 24.2 Å². The van der Waals surface area contributed by atoms with E-state index in [0.717, 1.165) is 44.3 Å². The summed E-state index contributed by atoms with van der Waals surface area (Å²) in [6.45, 7) is 4.03. The standard InChI is InChI=1S/C17H25N3O2/c1-13-7-8-14(18)12-15(13)17(22)19-9-5-11-20-10-4-2-3-6-16(20)21/h7-8,12H,2-6,9-11,18H2,1H3,(H,19,22). The van der Waals surface area contributed by atoms with Crippen molar-refractivity contribution in [2.75, 3.05) is 25.4 Å². The predicted octanol–water partition coefficient (Wildman–Crippen LogP) is 2.10. The van der Waals surface area contributed by atoms with Crippen LogP contribution in [0.2, 0.25) is 0 Å². The molecule has 0 spiro atoms. The van der Waals surface area contributed by atoms with Crippen molar-refractivity contribution in [1.82, 2.24) is 10.2 Å². The van der Waals surface area contributed by atoms with Gasteiger partial charge >= 0.3 is 0 Å². The van der Waals surface area contributed by atoms with Gasteiger partial charge in [0.25, 0.3) is 5.91 Å². The number of nitrogen functional groups attached to an aromatic ring is 1. The van der Waals surface area contributed by atoms with E-state index in [-0.39, 0.29) is 11.8 Å². The van der Waals surface area contributed by atoms with Gasteiger partial charge in [-0.05, 0) is 43.9 Å². The smallest absolute Gasteiger partial charge is 0.251 e. The molecule has 5 heteroatoms. The molecular weight excluding hydrogens is 278 g/mol. The number of nitrogens with one attached hydrogen (secondary N) is 1. The number of carbonyl (C=O) groups excluding carboxylic acids is 2. The first-order valence-electron chi connectivity index (χ1n) is 8.00. The third-order valence-electron chi connectivity index (χ3n) is 4.07. The second-order valence-corrected chi connectivity index (χ2v) is 5.88. The molecule has 5 nitrogen and oxygen atoms in total. The summed E-state index contributed by atoms with van der Waals surface area (Å²) in [7, 11) is 0. The highest BCUT2D eigenvalue weighted by Gasteiger charge is 2.16. The van der Waals surface area contributed by atoms with Crippen LogP contribution in [-0.4, -0.2) is 36.3 Å². The lowest BCUT2D eigenvalue weighted by Gasteiger charge is -2.20. The maximum absolute atomic E-state index is 12.1. The summed E-state index contributed by atoms with van der Waals surface area (Å²) in [5.41, 5.74) is 7.84. The Labute approximate surface area is 131 Å². The van der Waals surface area contributed by atoms with Gasteiger partial charge in [0.2, 0.25) is 5.91 Å². The Morgan fingerprint density at radius 3 is 2.95 bits per heavy atom. The van der Waals surface area contributed by atoms with Crippen LogP contribution >= 0.6 is 0 Å². The van der Waals surface area contributed by atoms with Crippen molar-refractivity contribution in [2.24, 2.45) is 0 Å². The molecule has 0 atom stereocenters. The molecule has 0 unspecified atom stereocenters. The molecule has 1 aliphatic heterocycles. The maximum Gasteiger partial charge on any atom is 0.251 e. The Morgan fingerprint density at radius 2 is 2.14 bits per heavy atom. The Hall–Kier alpha value is -2.04. The summed E-state index contributed by atoms with van der Waals surface area (Å²) in [6, 6.07) is 5.33. The van der Waals surface area contributed by atoms with Crippen LogP contribution in [0.25, 0.3) is 0 Å². The number of anilines is 1. The second-order valence-electron chi connectivity index (χ2n) is 5.88. The number of aryl methyl sites for hydroxylation is 1. The summed E-state index contributed by atoms with van der Waals surface area (Å²) in [5.74, 6) is 0.141. The van der Waals surface area contributed by atoms with E-state index in [4.69, 9.17) is 5.73 Å². The monoisotopic (exact) mass is 303 g/mol. The third kappa shape index (κ3) is 4.48. The molecule has 1 fully saturated rings. The van der Waals surface area contributed by atoms with Gasteiger partial charge in [-0.2, -0.15) is 0 Å². The van der Waals surface area contributed by atoms with Gasteiger partial charge in [-0.15, -0.1) is 0 Å². The third-order valence-corrected chi connectivity index (χ3v) is 4.07. The highest BCUT2D eigenvalue weighted by atomic mass is 16.2. The fourth-order valence-electron chi connectivity index (χ4n) is 2.73. The van der Waals surface area contributed by atoms with Gasteiger partial charge in [0.1, 0.15) is 0 Å². The fourth-order valence-corrected chi connectivity index (χ4v) is 2.73. The Kier molecular flexibility index (Phi) is 5.81. The van der Waals surface area contributed by atoms with E-state index in [1.165, 1.54) is 0 Å². The van der Waals surface area contributed by atoms with Crippen molar-refractivity contribution in [3.05, 3.63) is 29.3 Å². The minimum atomic E-state index is -0.105. The number of hydrogen-bond acceptors (Lipinski definition) is 3. The molecule has 1 heterocycles. The SMILES string of the molecule is Cc1ccc(N)cc1C(=O)NCCCN1CCCCCC1=O. The topological polar surface area (TPSA) is 75.4 Å². The van der Waals surface area contributed by atoms with Crippen molar-refractivity contribution < 1.29 is 9.59 Å². The molecule has 0 radical (unpaired) electrons. The van der Waals surface area contributed by atoms with Gasteiger partial charge in [-0.25, -0.2) is 0 Å². The summed E-state index contributed by atoms with van der Waals surface area (Å²) in [6.07, 6.45) is 4.66. The normalized spacial score (nSPS) is 15.5. The molecular formula is C17H25N3O2. The van der Waals surface area contributed by atoms with Crippen molar-refractivity contribution >= 4 is 17.5 Å². The van der Waals surface area contributed by atoms with Crippen molar-refractivity contribution in [3.63, 3.8) is 0 Å². The zero-order valence-corrected chi connectivity index (χ0v) is 13.2. The Morgan fingerprint density at radius 1 is 1.32 bits per heavy atom. The number of amides is 2. The first-order chi connectivity index (χ1) is 10.6. The quantitative estimate of drug-likeness (QED) is 0.646. The number of rotatable bonds is 5. The molecule has 0 aromatic heterocycles. The Bertz CT molecular complexity index is 543. The molecule has 22 heavy (non-hydrogen) atoms. The minimum Gasteiger partial charge on any atom is -0.399 e. The number of nitrogens with zero attached hydrogens (tertiary/aromatic N) is 1. The largest absolute Gasteiger partial charge is 0.399 e. The predicted molar refractivity (Wildman–Crippen MR) is 87.6 cm³/mol. The molecule has 2 rings (SSSR count). The molecule has 1 aliphatic rings. The molecule has 120 valence electrons. The van der Waals surface area contributed by atoms with E-state index in [9.17, 15) is 9.59 Å². The molecule has 0 bridgehead atoms. The van der Waals surface area contributed by atoms with Crippen molar-refractivity contribution in [3.8, 4) is 0 Å². The first-order valence-corrected chi connectivity index (χ1v) is 8.00. The van der Waals surface area contributed by atoms with Gasteiger partial charge in [0, 0.05) is 37.3 Å². The van der Waals surface area contributed by atoms with Gasteiger partial charge in [0.15, 0.2) is 0 Å². The van der Waals surface area contributed by atoms with Crippen LogP contribution in [0.5, 0.6) is 0 Å². The molecule has 1 saturated heterocycles. The van der Waals surface area contributed by atoms with Gasteiger partial charge < -0.3 is 16.0 Å². The molecule has 2 amide bonds. The van der Waals surface area contributed by atoms with Crippen LogP contribution in [0.4, 0.5) is 5.69 Å². The number of carbonyl (C=O) groups is 2. The number of likely N-dealkylation sites (tertiary alicyclic amines) is 1. The van der Waals surface area contributed by atoms with Gasteiger partial charge in [-0.3, -0.25) is 9.59 Å². The fraction of sp³-hybridized carbons (Fsp3) is 0.529. The minimum absolute atomic E-state index is 0.105. The van der Waals surface area contributed by atoms with Crippen LogP contribution < -0.4 is 11.1 Å². The summed E-state index contributed by atoms with van der Waals surface area (Å²) < 4.78 is 0. The van der Waals surface area contributed by atoms with E-state index >= 15 is 0 Å². The van der Waals surface area contributed by atoms with E-state index < -0.39 is 0 Å². The zero-order valence-electron chi connectivity index (χ0n) is 13.2. The summed E-state index contributed by atoms with van der Waals surface area (Å²) in [4.78, 5) is 25.9. The van der Waals surface area contributed by atoms with Crippen molar-refractivity contribution in [1.29, 1.82) is 0 Å². The number of nitrogens with two attached hydrogens (primary N) is 1. The summed E-state index contributed by atoms with van der Waals surface area (Å²) in [5, 5.41) is 2.90. The average Bonchev–Trinajstić information content (AvgIpc) is 2.70. The maximum atomic E-state index is 12.1. The van der Waals surface area contributed by atoms with Crippen LogP contribution in [0.1, 0.15) is 48.0 Å². The highest BCUT2D eigenvalue weighted by Crippen LogP contribution is 2.13. The van der Waals surface area contributed by atoms with Gasteiger partial charge in [0.05, 0.1) is 0 Å². The average molecular weight is 303 g/mol. The van der Waals surface area contributed by atoms with Crippen LogP contribution in [0.3, 0.4) is 0 Å². The molecule has 0 aliphatic carbocycles. The lowest BCUT2D eigenvalue weighted by Crippen LogP contribution is -2.34. The van der Waals surface area contributed by atoms with E-state index in [1.54, 1.807) is 12.1 Å². The molecule has 3 N–H and O–H groups in total. The first kappa shape index (κ1) is 16.3. The Balaban J connectivity index is 1.77. The molecule has 0 saturated carbocycles. The summed E-state index contributed by atoms with van der Waals surface area (Å²) >= 11 is 0. The van der Waals surface area contributed by atoms with Crippen LogP contribution in [-0.2, 0) is 4.79 Å². The lowest BCUT2D eigenvalue weighted by atomic mass is 10.1. The van der Waals surface area contributed by atoms with E-state index in [1.807, 2.05) is 17.9 Å². The van der Waals surface area contributed by atoms with E-state index in [2.05, 4.69) is 5.32 Å². The van der Waals surface area contributed by atoms with Gasteiger partial charge in [-0.1, -0.05) is 12.5 Å². The van der Waals surface area contributed by atoms with Crippen molar-refractivity contribution in [2.45, 2.75) is 39.0 Å².